The van der Waals surface area contributed by atoms with Gasteiger partial charge in [0.1, 0.15) is 5.78 Å². The van der Waals surface area contributed by atoms with Gasteiger partial charge >= 0.3 is 0 Å². The number of hydrogen-bond donors (Lipinski definition) is 0. The van der Waals surface area contributed by atoms with Gasteiger partial charge in [-0.1, -0.05) is 41.1 Å². The standard InChI is InChI=1S/C13H17BrO2/c1-2-8-16-9-7-12(15)10-11-5-3-4-6-13(11)14/h3-6H,2,7-10H2,1H3. The summed E-state index contributed by atoms with van der Waals surface area (Å²) in [4.78, 5) is 11.6. The monoisotopic (exact) mass is 284 g/mol. The lowest BCUT2D eigenvalue weighted by Gasteiger charge is -2.04. The van der Waals surface area contributed by atoms with Crippen LogP contribution >= 0.6 is 15.9 Å². The number of benzene rings is 1. The van der Waals surface area contributed by atoms with Crippen LogP contribution in [0.1, 0.15) is 25.3 Å². The average Bonchev–Trinajstić information content (AvgIpc) is 2.28. The van der Waals surface area contributed by atoms with Crippen molar-refractivity contribution in [1.29, 1.82) is 0 Å². The molecule has 0 spiro atoms. The molecule has 0 radical (unpaired) electrons. The molecule has 0 amide bonds. The number of carbonyl (C=O) groups excluding carboxylic acids is 1. The molecule has 0 aliphatic rings. The minimum atomic E-state index is 0.225. The van der Waals surface area contributed by atoms with Gasteiger partial charge in [0.25, 0.3) is 0 Å². The van der Waals surface area contributed by atoms with Crippen molar-refractivity contribution in [1.82, 2.24) is 0 Å². The molecule has 3 heteroatoms. The predicted molar refractivity (Wildman–Crippen MR) is 68.6 cm³/mol. The molecule has 2 nitrogen and oxygen atoms in total. The fourth-order valence-electron chi connectivity index (χ4n) is 1.37. The molecule has 88 valence electrons. The van der Waals surface area contributed by atoms with Crippen molar-refractivity contribution in [2.45, 2.75) is 26.2 Å². The van der Waals surface area contributed by atoms with E-state index in [0.29, 0.717) is 19.4 Å². The highest BCUT2D eigenvalue weighted by molar-refractivity contribution is 9.10. The third kappa shape index (κ3) is 4.90. The van der Waals surface area contributed by atoms with Crippen LogP contribution in [0.15, 0.2) is 28.7 Å². The lowest BCUT2D eigenvalue weighted by atomic mass is 10.1. The molecule has 0 aromatic heterocycles. The van der Waals surface area contributed by atoms with Crippen LogP contribution in [0.5, 0.6) is 0 Å². The molecule has 0 fully saturated rings. The van der Waals surface area contributed by atoms with Crippen LogP contribution in [0.3, 0.4) is 0 Å². The largest absolute Gasteiger partial charge is 0.381 e. The molecule has 0 heterocycles. The second-order valence-electron chi connectivity index (χ2n) is 3.67. The normalized spacial score (nSPS) is 10.4. The summed E-state index contributed by atoms with van der Waals surface area (Å²) in [7, 11) is 0. The van der Waals surface area contributed by atoms with Gasteiger partial charge in [0.05, 0.1) is 6.61 Å². The van der Waals surface area contributed by atoms with Crippen molar-refractivity contribution in [3.63, 3.8) is 0 Å². The van der Waals surface area contributed by atoms with E-state index in [1.165, 1.54) is 0 Å². The second kappa shape index (κ2) is 7.58. The highest BCUT2D eigenvalue weighted by Gasteiger charge is 2.06. The molecular formula is C13H17BrO2. The van der Waals surface area contributed by atoms with Crippen LogP contribution in [0, 0.1) is 0 Å². The third-order valence-electron chi connectivity index (χ3n) is 2.22. The van der Waals surface area contributed by atoms with Gasteiger partial charge in [0.15, 0.2) is 0 Å². The Balaban J connectivity index is 2.32. The first-order valence-corrected chi connectivity index (χ1v) is 6.36. The molecule has 0 aliphatic heterocycles. The summed E-state index contributed by atoms with van der Waals surface area (Å²) < 4.78 is 6.29. The molecule has 1 rings (SSSR count). The van der Waals surface area contributed by atoms with Crippen molar-refractivity contribution in [2.75, 3.05) is 13.2 Å². The van der Waals surface area contributed by atoms with Crippen LogP contribution in [-0.2, 0) is 16.0 Å². The SMILES string of the molecule is CCCOCCC(=O)Cc1ccccc1Br. The minimum Gasteiger partial charge on any atom is -0.381 e. The summed E-state index contributed by atoms with van der Waals surface area (Å²) in [6.45, 7) is 3.34. The van der Waals surface area contributed by atoms with Gasteiger partial charge in [-0.3, -0.25) is 4.79 Å². The Labute approximate surface area is 105 Å². The van der Waals surface area contributed by atoms with E-state index in [9.17, 15) is 4.79 Å². The van der Waals surface area contributed by atoms with Gasteiger partial charge in [-0.2, -0.15) is 0 Å². The van der Waals surface area contributed by atoms with Crippen molar-refractivity contribution in [2.24, 2.45) is 0 Å². The summed E-state index contributed by atoms with van der Waals surface area (Å²) in [6.07, 6.45) is 1.98. The van der Waals surface area contributed by atoms with E-state index in [4.69, 9.17) is 4.74 Å². The number of carbonyl (C=O) groups is 1. The van der Waals surface area contributed by atoms with E-state index in [2.05, 4.69) is 22.9 Å². The summed E-state index contributed by atoms with van der Waals surface area (Å²) in [6, 6.07) is 7.81. The van der Waals surface area contributed by atoms with Crippen LogP contribution in [-0.4, -0.2) is 19.0 Å². The number of hydrogen-bond acceptors (Lipinski definition) is 2. The van der Waals surface area contributed by atoms with Gasteiger partial charge in [0.2, 0.25) is 0 Å². The molecular weight excluding hydrogens is 268 g/mol. The predicted octanol–water partition coefficient (Wildman–Crippen LogP) is 3.38. The first-order valence-electron chi connectivity index (χ1n) is 5.57. The number of ketones is 1. The van der Waals surface area contributed by atoms with Crippen LogP contribution < -0.4 is 0 Å². The molecule has 0 saturated heterocycles. The van der Waals surface area contributed by atoms with Crippen LogP contribution in [0.2, 0.25) is 0 Å². The quantitative estimate of drug-likeness (QED) is 0.718. The Kier molecular flexibility index (Phi) is 6.34. The van der Waals surface area contributed by atoms with Crippen molar-refractivity contribution in [3.8, 4) is 0 Å². The Bertz CT molecular complexity index is 336. The zero-order valence-electron chi connectivity index (χ0n) is 9.54. The van der Waals surface area contributed by atoms with Gasteiger partial charge in [-0.25, -0.2) is 0 Å². The molecule has 0 saturated carbocycles. The molecule has 0 aliphatic carbocycles. The number of rotatable bonds is 7. The summed E-state index contributed by atoms with van der Waals surface area (Å²) in [5.74, 6) is 0.225. The van der Waals surface area contributed by atoms with Gasteiger partial charge in [-0.05, 0) is 18.1 Å². The fourth-order valence-corrected chi connectivity index (χ4v) is 1.80. The van der Waals surface area contributed by atoms with E-state index in [-0.39, 0.29) is 5.78 Å². The van der Waals surface area contributed by atoms with Crippen LogP contribution in [0.25, 0.3) is 0 Å². The van der Waals surface area contributed by atoms with E-state index in [1.54, 1.807) is 0 Å². The Morgan fingerprint density at radius 3 is 2.75 bits per heavy atom. The maximum Gasteiger partial charge on any atom is 0.139 e. The molecule has 0 bridgehead atoms. The van der Waals surface area contributed by atoms with E-state index >= 15 is 0 Å². The molecule has 1 aromatic carbocycles. The van der Waals surface area contributed by atoms with Gasteiger partial charge in [0, 0.05) is 23.9 Å². The number of halogens is 1. The first-order chi connectivity index (χ1) is 7.74. The third-order valence-corrected chi connectivity index (χ3v) is 2.99. The molecule has 0 unspecified atom stereocenters. The number of ether oxygens (including phenoxy) is 1. The highest BCUT2D eigenvalue weighted by Crippen LogP contribution is 2.16. The maximum absolute atomic E-state index is 11.6. The number of Topliss-reactive ketones (excluding diaryl/α,β-unsaturated/α-hetero) is 1. The fraction of sp³-hybridized carbons (Fsp3) is 0.462. The molecule has 0 atom stereocenters. The van der Waals surface area contributed by atoms with E-state index in [0.717, 1.165) is 23.1 Å². The van der Waals surface area contributed by atoms with Crippen LogP contribution in [0.4, 0.5) is 0 Å². The zero-order valence-corrected chi connectivity index (χ0v) is 11.1. The maximum atomic E-state index is 11.6. The van der Waals surface area contributed by atoms with E-state index in [1.807, 2.05) is 24.3 Å². The molecule has 0 N–H and O–H groups in total. The van der Waals surface area contributed by atoms with Crippen molar-refractivity contribution < 1.29 is 9.53 Å². The first kappa shape index (κ1) is 13.4. The van der Waals surface area contributed by atoms with Gasteiger partial charge < -0.3 is 4.74 Å². The smallest absolute Gasteiger partial charge is 0.139 e. The Morgan fingerprint density at radius 2 is 2.06 bits per heavy atom. The zero-order chi connectivity index (χ0) is 11.8. The highest BCUT2D eigenvalue weighted by atomic mass is 79.9. The summed E-state index contributed by atoms with van der Waals surface area (Å²) in [5.41, 5.74) is 1.04. The lowest BCUT2D eigenvalue weighted by molar-refractivity contribution is -0.119. The molecule has 1 aromatic rings. The summed E-state index contributed by atoms with van der Waals surface area (Å²) >= 11 is 3.43. The van der Waals surface area contributed by atoms with Crippen molar-refractivity contribution >= 4 is 21.7 Å². The van der Waals surface area contributed by atoms with E-state index < -0.39 is 0 Å². The molecule has 16 heavy (non-hydrogen) atoms. The van der Waals surface area contributed by atoms with Gasteiger partial charge in [-0.15, -0.1) is 0 Å². The lowest BCUT2D eigenvalue weighted by Crippen LogP contribution is -2.08. The minimum absolute atomic E-state index is 0.225. The summed E-state index contributed by atoms with van der Waals surface area (Å²) in [5, 5.41) is 0. The average molecular weight is 285 g/mol. The second-order valence-corrected chi connectivity index (χ2v) is 4.52. The topological polar surface area (TPSA) is 26.3 Å². The Morgan fingerprint density at radius 1 is 1.31 bits per heavy atom. The van der Waals surface area contributed by atoms with Crippen molar-refractivity contribution in [3.05, 3.63) is 34.3 Å². The Hall–Kier alpha value is -0.670.